The molecule has 0 atom stereocenters. The van der Waals surface area contributed by atoms with Gasteiger partial charge in [-0.05, 0) is 12.1 Å². The first-order valence-corrected chi connectivity index (χ1v) is 5.16. The Morgan fingerprint density at radius 1 is 1.41 bits per heavy atom. The lowest BCUT2D eigenvalue weighted by Gasteiger charge is -2.21. The number of fused-ring (bicyclic) bond motifs is 1. The maximum atomic E-state index is 11.7. The SMILES string of the molecule is CN(C)C(=O)N(C)Cn1nnc2cccnc21. The molecule has 2 amide bonds. The second-order valence-electron chi connectivity index (χ2n) is 3.95. The van der Waals surface area contributed by atoms with E-state index in [9.17, 15) is 4.79 Å². The number of hydrogen-bond donors (Lipinski definition) is 0. The minimum atomic E-state index is -0.0930. The lowest BCUT2D eigenvalue weighted by atomic mass is 10.4. The summed E-state index contributed by atoms with van der Waals surface area (Å²) in [5.41, 5.74) is 1.39. The number of carbonyl (C=O) groups is 1. The van der Waals surface area contributed by atoms with E-state index in [-0.39, 0.29) is 6.03 Å². The van der Waals surface area contributed by atoms with Crippen molar-refractivity contribution in [3.8, 4) is 0 Å². The molecule has 7 heteroatoms. The molecular formula is C10H14N6O. The van der Waals surface area contributed by atoms with Gasteiger partial charge in [-0.2, -0.15) is 0 Å². The van der Waals surface area contributed by atoms with E-state index < -0.39 is 0 Å². The van der Waals surface area contributed by atoms with Crippen molar-refractivity contribution in [3.63, 3.8) is 0 Å². The highest BCUT2D eigenvalue weighted by Gasteiger charge is 2.13. The molecule has 2 heterocycles. The average molecular weight is 234 g/mol. The van der Waals surface area contributed by atoms with Gasteiger partial charge in [-0.25, -0.2) is 14.5 Å². The number of carbonyl (C=O) groups excluding carboxylic acids is 1. The quantitative estimate of drug-likeness (QED) is 0.754. The van der Waals surface area contributed by atoms with Crippen molar-refractivity contribution in [2.24, 2.45) is 0 Å². The molecule has 0 aromatic carbocycles. The molecule has 0 saturated carbocycles. The number of rotatable bonds is 2. The molecule has 0 unspecified atom stereocenters. The first-order valence-electron chi connectivity index (χ1n) is 5.16. The van der Waals surface area contributed by atoms with Crippen LogP contribution in [0.5, 0.6) is 0 Å². The van der Waals surface area contributed by atoms with Crippen LogP contribution >= 0.6 is 0 Å². The topological polar surface area (TPSA) is 67.2 Å². The van der Waals surface area contributed by atoms with Crippen LogP contribution in [0, 0.1) is 0 Å². The van der Waals surface area contributed by atoms with Gasteiger partial charge in [-0.15, -0.1) is 5.10 Å². The van der Waals surface area contributed by atoms with E-state index in [0.717, 1.165) is 5.52 Å². The third kappa shape index (κ3) is 2.17. The normalized spacial score (nSPS) is 10.5. The van der Waals surface area contributed by atoms with Crippen molar-refractivity contribution in [3.05, 3.63) is 18.3 Å². The van der Waals surface area contributed by atoms with E-state index in [1.165, 1.54) is 4.90 Å². The van der Waals surface area contributed by atoms with Gasteiger partial charge in [0.15, 0.2) is 5.65 Å². The minimum absolute atomic E-state index is 0.0930. The standard InChI is InChI=1S/C10H14N6O/c1-14(2)10(17)15(3)7-16-9-8(12-13-16)5-4-6-11-9/h4-6H,7H2,1-3H3. The largest absolute Gasteiger partial charge is 0.331 e. The van der Waals surface area contributed by atoms with E-state index in [1.807, 2.05) is 6.07 Å². The molecule has 0 bridgehead atoms. The van der Waals surface area contributed by atoms with Gasteiger partial charge < -0.3 is 9.80 Å². The van der Waals surface area contributed by atoms with Crippen molar-refractivity contribution >= 4 is 17.2 Å². The van der Waals surface area contributed by atoms with E-state index in [1.54, 1.807) is 43.0 Å². The molecule has 7 nitrogen and oxygen atoms in total. The van der Waals surface area contributed by atoms with Crippen LogP contribution in [0.25, 0.3) is 11.2 Å². The predicted molar refractivity (Wildman–Crippen MR) is 62.2 cm³/mol. The summed E-state index contributed by atoms with van der Waals surface area (Å²) in [6.07, 6.45) is 1.68. The second-order valence-corrected chi connectivity index (χ2v) is 3.95. The Hall–Kier alpha value is -2.18. The summed E-state index contributed by atoms with van der Waals surface area (Å²) in [6, 6.07) is 3.54. The van der Waals surface area contributed by atoms with Crippen LogP contribution in [-0.2, 0) is 6.67 Å². The second kappa shape index (κ2) is 4.36. The fourth-order valence-electron chi connectivity index (χ4n) is 1.51. The summed E-state index contributed by atoms with van der Waals surface area (Å²) in [5.74, 6) is 0. The molecule has 2 aromatic heterocycles. The summed E-state index contributed by atoms with van der Waals surface area (Å²) < 4.78 is 1.59. The van der Waals surface area contributed by atoms with Crippen molar-refractivity contribution in [1.29, 1.82) is 0 Å². The highest BCUT2D eigenvalue weighted by atomic mass is 16.2. The molecule has 90 valence electrons. The molecule has 0 spiro atoms. The summed E-state index contributed by atoms with van der Waals surface area (Å²) >= 11 is 0. The predicted octanol–water partition coefficient (Wildman–Crippen LogP) is 0.397. The average Bonchev–Trinajstić information content (AvgIpc) is 2.71. The molecule has 2 rings (SSSR count). The van der Waals surface area contributed by atoms with Gasteiger partial charge in [0.25, 0.3) is 0 Å². The minimum Gasteiger partial charge on any atom is -0.331 e. The lowest BCUT2D eigenvalue weighted by molar-refractivity contribution is 0.167. The van der Waals surface area contributed by atoms with Crippen LogP contribution in [0.3, 0.4) is 0 Å². The van der Waals surface area contributed by atoms with Gasteiger partial charge in [0.1, 0.15) is 12.2 Å². The summed E-state index contributed by atoms with van der Waals surface area (Å²) in [6.45, 7) is 0.324. The van der Waals surface area contributed by atoms with Crippen LogP contribution in [0.1, 0.15) is 0 Å². The van der Waals surface area contributed by atoms with E-state index >= 15 is 0 Å². The summed E-state index contributed by atoms with van der Waals surface area (Å²) in [4.78, 5) is 18.9. The van der Waals surface area contributed by atoms with Gasteiger partial charge in [-0.1, -0.05) is 5.21 Å². The number of hydrogen-bond acceptors (Lipinski definition) is 4. The molecule has 0 aliphatic carbocycles. The Morgan fingerprint density at radius 2 is 2.18 bits per heavy atom. The first-order chi connectivity index (χ1) is 8.09. The fraction of sp³-hybridized carbons (Fsp3) is 0.400. The monoisotopic (exact) mass is 234 g/mol. The van der Waals surface area contributed by atoms with E-state index in [2.05, 4.69) is 15.3 Å². The third-order valence-electron chi connectivity index (χ3n) is 2.33. The van der Waals surface area contributed by atoms with Crippen molar-refractivity contribution in [1.82, 2.24) is 29.8 Å². The Bertz CT molecular complexity index is 534. The highest BCUT2D eigenvalue weighted by molar-refractivity contribution is 5.73. The molecule has 0 aliphatic rings. The first kappa shape index (κ1) is 11.3. The van der Waals surface area contributed by atoms with Gasteiger partial charge in [0, 0.05) is 27.3 Å². The van der Waals surface area contributed by atoms with Gasteiger partial charge >= 0.3 is 6.03 Å². The molecule has 0 aliphatic heterocycles. The molecule has 0 N–H and O–H groups in total. The Morgan fingerprint density at radius 3 is 2.88 bits per heavy atom. The Labute approximate surface area is 98.6 Å². The molecule has 0 saturated heterocycles. The van der Waals surface area contributed by atoms with Crippen molar-refractivity contribution < 1.29 is 4.79 Å². The maximum absolute atomic E-state index is 11.7. The zero-order chi connectivity index (χ0) is 12.4. The zero-order valence-corrected chi connectivity index (χ0v) is 10.0. The smallest absolute Gasteiger partial charge is 0.320 e. The van der Waals surface area contributed by atoms with E-state index in [4.69, 9.17) is 0 Å². The highest BCUT2D eigenvalue weighted by Crippen LogP contribution is 2.07. The fourth-order valence-corrected chi connectivity index (χ4v) is 1.51. The van der Waals surface area contributed by atoms with Crippen molar-refractivity contribution in [2.45, 2.75) is 6.67 Å². The van der Waals surface area contributed by atoms with Crippen LogP contribution in [0.2, 0.25) is 0 Å². The van der Waals surface area contributed by atoms with Gasteiger partial charge in [-0.3, -0.25) is 0 Å². The van der Waals surface area contributed by atoms with Crippen LogP contribution in [0.4, 0.5) is 4.79 Å². The number of nitrogens with zero attached hydrogens (tertiary/aromatic N) is 6. The van der Waals surface area contributed by atoms with E-state index in [0.29, 0.717) is 12.3 Å². The van der Waals surface area contributed by atoms with Crippen LogP contribution in [0.15, 0.2) is 18.3 Å². The lowest BCUT2D eigenvalue weighted by Crippen LogP contribution is -2.37. The number of pyridine rings is 1. The molecule has 0 radical (unpaired) electrons. The summed E-state index contributed by atoms with van der Waals surface area (Å²) in [5, 5.41) is 7.94. The van der Waals surface area contributed by atoms with Crippen LogP contribution < -0.4 is 0 Å². The number of urea groups is 1. The van der Waals surface area contributed by atoms with Crippen LogP contribution in [-0.4, -0.2) is 57.0 Å². The van der Waals surface area contributed by atoms with Gasteiger partial charge in [0.2, 0.25) is 0 Å². The Kier molecular flexibility index (Phi) is 2.90. The molecule has 17 heavy (non-hydrogen) atoms. The summed E-state index contributed by atoms with van der Waals surface area (Å²) in [7, 11) is 5.12. The third-order valence-corrected chi connectivity index (χ3v) is 2.33. The molecule has 0 fully saturated rings. The van der Waals surface area contributed by atoms with Gasteiger partial charge in [0.05, 0.1) is 0 Å². The number of amides is 2. The number of aromatic nitrogens is 4. The molecular weight excluding hydrogens is 220 g/mol. The molecule has 2 aromatic rings. The maximum Gasteiger partial charge on any atom is 0.320 e. The van der Waals surface area contributed by atoms with Crippen molar-refractivity contribution in [2.75, 3.05) is 21.1 Å². The Balaban J connectivity index is 2.21. The zero-order valence-electron chi connectivity index (χ0n) is 10.0.